The van der Waals surface area contributed by atoms with Crippen molar-refractivity contribution in [2.45, 2.75) is 58.6 Å². The number of nitrogens with two attached hydrogens (primary N) is 1. The fraction of sp³-hybridized carbons (Fsp3) is 0.462. The molecule has 1 fully saturated rings. The molecule has 1 aliphatic heterocycles. The molecule has 3 aromatic rings. The lowest BCUT2D eigenvalue weighted by molar-refractivity contribution is -0.120. The molecule has 0 unspecified atom stereocenters. The van der Waals surface area contributed by atoms with Crippen molar-refractivity contribution in [3.05, 3.63) is 30.6 Å². The summed E-state index contributed by atoms with van der Waals surface area (Å²) in [5, 5.41) is 10.3. The molecular formula is C26H35N7O4. The fourth-order valence-corrected chi connectivity index (χ4v) is 4.65. The van der Waals surface area contributed by atoms with Gasteiger partial charge in [-0.1, -0.05) is 6.07 Å². The van der Waals surface area contributed by atoms with Gasteiger partial charge in [0, 0.05) is 31.1 Å². The normalized spacial score (nSPS) is 15.4. The van der Waals surface area contributed by atoms with Gasteiger partial charge in [0.2, 0.25) is 5.91 Å². The molecule has 2 amide bonds. The smallest absolute Gasteiger partial charge is 0.412 e. The molecule has 0 spiro atoms. The van der Waals surface area contributed by atoms with Gasteiger partial charge in [-0.15, -0.1) is 0 Å². The number of fused-ring (bicyclic) bond motifs is 1. The number of carbonyl (C=O) groups excluding carboxylic acids is 2. The highest BCUT2D eigenvalue weighted by Gasteiger charge is 2.32. The maximum atomic E-state index is 12.3. The fourth-order valence-electron chi connectivity index (χ4n) is 4.65. The van der Waals surface area contributed by atoms with Crippen molar-refractivity contribution in [2.24, 2.45) is 0 Å². The van der Waals surface area contributed by atoms with Crippen LogP contribution >= 0.6 is 0 Å². The van der Waals surface area contributed by atoms with Crippen LogP contribution in [0.2, 0.25) is 0 Å². The van der Waals surface area contributed by atoms with E-state index < -0.39 is 11.7 Å². The number of ether oxygens (including phenoxy) is 2. The molecule has 11 heteroatoms. The Labute approximate surface area is 216 Å². The third-order valence-corrected chi connectivity index (χ3v) is 6.38. The molecular weight excluding hydrogens is 474 g/mol. The monoisotopic (exact) mass is 509 g/mol. The first kappa shape index (κ1) is 26.1. The number of nitrogens with zero attached hydrogens (tertiary/aromatic N) is 4. The molecule has 37 heavy (non-hydrogen) atoms. The van der Waals surface area contributed by atoms with Crippen molar-refractivity contribution in [1.29, 1.82) is 0 Å². The third-order valence-electron chi connectivity index (χ3n) is 6.38. The highest BCUT2D eigenvalue weighted by molar-refractivity contribution is 5.93. The molecule has 11 nitrogen and oxygen atoms in total. The van der Waals surface area contributed by atoms with Crippen LogP contribution in [0.15, 0.2) is 30.6 Å². The first-order valence-corrected chi connectivity index (χ1v) is 12.2. The Bertz CT molecular complexity index is 1320. The van der Waals surface area contributed by atoms with E-state index in [1.54, 1.807) is 45.4 Å². The number of amides is 2. The van der Waals surface area contributed by atoms with Gasteiger partial charge in [0.05, 0.1) is 12.8 Å². The second kappa shape index (κ2) is 9.79. The molecule has 0 saturated carbocycles. The summed E-state index contributed by atoms with van der Waals surface area (Å²) in [5.41, 5.74) is 8.30. The van der Waals surface area contributed by atoms with Crippen molar-refractivity contribution in [1.82, 2.24) is 19.9 Å². The second-order valence-corrected chi connectivity index (χ2v) is 10.6. The van der Waals surface area contributed by atoms with Crippen LogP contribution in [0.3, 0.4) is 0 Å². The molecule has 0 atom stereocenters. The summed E-state index contributed by atoms with van der Waals surface area (Å²) in [5.74, 6) is 1.69. The van der Waals surface area contributed by atoms with Gasteiger partial charge >= 0.3 is 6.09 Å². The van der Waals surface area contributed by atoms with Crippen LogP contribution in [0, 0.1) is 0 Å². The highest BCUT2D eigenvalue weighted by atomic mass is 16.6. The van der Waals surface area contributed by atoms with Gasteiger partial charge in [0.25, 0.3) is 0 Å². The van der Waals surface area contributed by atoms with E-state index >= 15 is 0 Å². The third kappa shape index (κ3) is 5.71. The predicted octanol–water partition coefficient (Wildman–Crippen LogP) is 3.83. The van der Waals surface area contributed by atoms with Gasteiger partial charge in [-0.25, -0.2) is 14.3 Å². The number of piperidine rings is 1. The van der Waals surface area contributed by atoms with Gasteiger partial charge in [-0.05, 0) is 64.3 Å². The Morgan fingerprint density at radius 3 is 2.49 bits per heavy atom. The lowest BCUT2D eigenvalue weighted by Crippen LogP contribution is -2.53. The minimum Gasteiger partial charge on any atom is -0.495 e. The van der Waals surface area contributed by atoms with E-state index in [2.05, 4.69) is 32.5 Å². The zero-order valence-corrected chi connectivity index (χ0v) is 22.2. The van der Waals surface area contributed by atoms with Crippen LogP contribution in [0.5, 0.6) is 5.75 Å². The van der Waals surface area contributed by atoms with Gasteiger partial charge in [-0.3, -0.25) is 10.1 Å². The standard InChI is InChI=1S/C26H35N7O4/c1-16(34)31-26(5)9-11-32(12-10-26)21-14-18(22-23(27)28-15-29-33(21)22)17-7-8-19(20(13-17)36-6)30-24(35)37-25(2,3)4/h7-8,13-15H,9-12H2,1-6H3,(H,30,35)(H,31,34)(H2,27,28,29). The van der Waals surface area contributed by atoms with Crippen LogP contribution < -0.4 is 26.0 Å². The van der Waals surface area contributed by atoms with E-state index in [0.717, 1.165) is 42.9 Å². The van der Waals surface area contributed by atoms with Crippen molar-refractivity contribution in [3.8, 4) is 16.9 Å². The zero-order chi connectivity index (χ0) is 27.0. The molecule has 2 aromatic heterocycles. The number of rotatable bonds is 5. The van der Waals surface area contributed by atoms with Crippen LogP contribution in [-0.4, -0.2) is 57.9 Å². The van der Waals surface area contributed by atoms with E-state index in [1.165, 1.54) is 6.33 Å². The average molecular weight is 510 g/mol. The number of hydrogen-bond acceptors (Lipinski definition) is 8. The van der Waals surface area contributed by atoms with Crippen molar-refractivity contribution in [2.75, 3.05) is 36.1 Å². The molecule has 1 aliphatic rings. The van der Waals surface area contributed by atoms with Crippen molar-refractivity contribution in [3.63, 3.8) is 0 Å². The maximum Gasteiger partial charge on any atom is 0.412 e. The Morgan fingerprint density at radius 2 is 1.86 bits per heavy atom. The first-order chi connectivity index (χ1) is 17.4. The van der Waals surface area contributed by atoms with E-state index in [-0.39, 0.29) is 11.4 Å². The largest absolute Gasteiger partial charge is 0.495 e. The molecule has 3 heterocycles. The number of hydrogen-bond donors (Lipinski definition) is 3. The topological polar surface area (TPSA) is 136 Å². The summed E-state index contributed by atoms with van der Waals surface area (Å²) in [6.07, 6.45) is 2.47. The second-order valence-electron chi connectivity index (χ2n) is 10.6. The maximum absolute atomic E-state index is 12.3. The molecule has 198 valence electrons. The van der Waals surface area contributed by atoms with Gasteiger partial charge in [-0.2, -0.15) is 5.10 Å². The minimum absolute atomic E-state index is 0.0227. The van der Waals surface area contributed by atoms with Crippen LogP contribution in [0.4, 0.5) is 22.1 Å². The summed E-state index contributed by atoms with van der Waals surface area (Å²) >= 11 is 0. The number of carbonyl (C=O) groups is 2. The predicted molar refractivity (Wildman–Crippen MR) is 143 cm³/mol. The number of benzene rings is 1. The molecule has 4 N–H and O–H groups in total. The SMILES string of the molecule is COc1cc(-c2cc(N3CCC(C)(NC(C)=O)CC3)n3ncnc(N)c23)ccc1NC(=O)OC(C)(C)C. The lowest BCUT2D eigenvalue weighted by atomic mass is 9.89. The Balaban J connectivity index is 1.67. The quantitative estimate of drug-likeness (QED) is 0.472. The number of aromatic nitrogens is 3. The molecule has 4 rings (SSSR count). The molecule has 1 aromatic carbocycles. The number of anilines is 3. The van der Waals surface area contributed by atoms with E-state index in [1.807, 2.05) is 18.2 Å². The van der Waals surface area contributed by atoms with E-state index in [4.69, 9.17) is 15.2 Å². The Kier molecular flexibility index (Phi) is 6.90. The Hall–Kier alpha value is -4.02. The van der Waals surface area contributed by atoms with Gasteiger partial charge in [0.15, 0.2) is 5.82 Å². The number of nitrogens with one attached hydrogen (secondary N) is 2. The summed E-state index contributed by atoms with van der Waals surface area (Å²) in [6.45, 7) is 10.5. The van der Waals surface area contributed by atoms with Gasteiger partial charge < -0.3 is 25.4 Å². The van der Waals surface area contributed by atoms with Crippen LogP contribution in [0.1, 0.15) is 47.5 Å². The minimum atomic E-state index is -0.620. The van der Waals surface area contributed by atoms with E-state index in [0.29, 0.717) is 22.8 Å². The van der Waals surface area contributed by atoms with Crippen molar-refractivity contribution < 1.29 is 19.1 Å². The van der Waals surface area contributed by atoms with Crippen LogP contribution in [-0.2, 0) is 9.53 Å². The molecule has 0 radical (unpaired) electrons. The number of nitrogen functional groups attached to an aromatic ring is 1. The number of methoxy groups -OCH3 is 1. The van der Waals surface area contributed by atoms with Gasteiger partial charge in [0.1, 0.15) is 29.0 Å². The summed E-state index contributed by atoms with van der Waals surface area (Å²) in [6, 6.07) is 7.52. The summed E-state index contributed by atoms with van der Waals surface area (Å²) in [7, 11) is 1.54. The molecule has 1 saturated heterocycles. The van der Waals surface area contributed by atoms with Crippen molar-refractivity contribution >= 4 is 34.8 Å². The summed E-state index contributed by atoms with van der Waals surface area (Å²) < 4.78 is 12.7. The molecule has 0 aliphatic carbocycles. The summed E-state index contributed by atoms with van der Waals surface area (Å²) in [4.78, 5) is 30.4. The van der Waals surface area contributed by atoms with E-state index in [9.17, 15) is 9.59 Å². The molecule has 0 bridgehead atoms. The average Bonchev–Trinajstić information content (AvgIpc) is 3.19. The van der Waals surface area contributed by atoms with Crippen LogP contribution in [0.25, 0.3) is 16.6 Å². The first-order valence-electron chi connectivity index (χ1n) is 12.2. The Morgan fingerprint density at radius 1 is 1.16 bits per heavy atom. The lowest BCUT2D eigenvalue weighted by Gasteiger charge is -2.40. The zero-order valence-electron chi connectivity index (χ0n) is 22.2. The highest BCUT2D eigenvalue weighted by Crippen LogP contribution is 2.38.